The zero-order chi connectivity index (χ0) is 29.4. The van der Waals surface area contributed by atoms with E-state index in [0.29, 0.717) is 6.42 Å². The topological polar surface area (TPSA) is 69.6 Å². The highest BCUT2D eigenvalue weighted by Gasteiger charge is 2.17. The van der Waals surface area contributed by atoms with Gasteiger partial charge in [0.2, 0.25) is 5.91 Å². The van der Waals surface area contributed by atoms with Crippen molar-refractivity contribution in [2.24, 2.45) is 0 Å². The molecule has 0 radical (unpaired) electrons. The molecule has 0 aliphatic heterocycles. The Morgan fingerprint density at radius 2 is 0.925 bits per heavy atom. The van der Waals surface area contributed by atoms with Gasteiger partial charge in [-0.3, -0.25) is 4.79 Å². The maximum atomic E-state index is 12.2. The van der Waals surface area contributed by atoms with Crippen molar-refractivity contribution in [2.75, 3.05) is 6.61 Å². The number of carbonyl (C=O) groups is 1. The molecule has 40 heavy (non-hydrogen) atoms. The minimum Gasteiger partial charge on any atom is -0.394 e. The fourth-order valence-electron chi connectivity index (χ4n) is 5.47. The zero-order valence-electron chi connectivity index (χ0n) is 27.1. The van der Waals surface area contributed by atoms with E-state index in [2.05, 4.69) is 19.2 Å². The van der Waals surface area contributed by atoms with Crippen molar-refractivity contribution in [3.05, 3.63) is 12.2 Å². The smallest absolute Gasteiger partial charge is 0.220 e. The van der Waals surface area contributed by atoms with Gasteiger partial charge in [0.15, 0.2) is 0 Å². The van der Waals surface area contributed by atoms with Crippen molar-refractivity contribution in [2.45, 2.75) is 206 Å². The maximum absolute atomic E-state index is 12.2. The van der Waals surface area contributed by atoms with Gasteiger partial charge < -0.3 is 15.5 Å². The summed E-state index contributed by atoms with van der Waals surface area (Å²) in [6, 6.07) is -0.613. The van der Waals surface area contributed by atoms with Crippen LogP contribution in [0.5, 0.6) is 0 Å². The largest absolute Gasteiger partial charge is 0.394 e. The standard InChI is InChI=1S/C36H71NO3/c1-3-5-7-9-11-12-13-14-15-16-17-18-19-20-21-22-23-24-26-27-29-31-35(39)34(33-38)37-36(40)32-30-28-25-10-8-6-4-2/h29,31,34-35,38-39H,3-28,30,32-33H2,1-2H3,(H,37,40)/b31-29+. The molecule has 0 saturated carbocycles. The van der Waals surface area contributed by atoms with Crippen LogP contribution >= 0.6 is 0 Å². The van der Waals surface area contributed by atoms with Crippen LogP contribution in [0.2, 0.25) is 0 Å². The first-order valence-corrected chi connectivity index (χ1v) is 17.9. The van der Waals surface area contributed by atoms with E-state index in [4.69, 9.17) is 0 Å². The number of carbonyl (C=O) groups excluding carboxylic acids is 1. The van der Waals surface area contributed by atoms with Gasteiger partial charge in [-0.15, -0.1) is 0 Å². The quantitative estimate of drug-likeness (QED) is 0.0561. The molecular formula is C36H71NO3. The van der Waals surface area contributed by atoms with E-state index in [9.17, 15) is 15.0 Å². The van der Waals surface area contributed by atoms with Crippen molar-refractivity contribution in [3.8, 4) is 0 Å². The lowest BCUT2D eigenvalue weighted by Gasteiger charge is -2.20. The van der Waals surface area contributed by atoms with Crippen molar-refractivity contribution < 1.29 is 15.0 Å². The summed E-state index contributed by atoms with van der Waals surface area (Å²) in [5.74, 6) is -0.0705. The predicted molar refractivity (Wildman–Crippen MR) is 175 cm³/mol. The Morgan fingerprint density at radius 1 is 0.575 bits per heavy atom. The molecule has 0 aliphatic rings. The summed E-state index contributed by atoms with van der Waals surface area (Å²) in [7, 11) is 0. The van der Waals surface area contributed by atoms with Crippen LogP contribution in [0.15, 0.2) is 12.2 Å². The molecule has 0 aromatic rings. The number of amides is 1. The van der Waals surface area contributed by atoms with E-state index in [-0.39, 0.29) is 12.5 Å². The van der Waals surface area contributed by atoms with Crippen LogP contribution in [0, 0.1) is 0 Å². The number of hydrogen-bond donors (Lipinski definition) is 3. The van der Waals surface area contributed by atoms with Gasteiger partial charge in [-0.05, 0) is 19.3 Å². The predicted octanol–water partition coefficient (Wildman–Crippen LogP) is 10.3. The number of unbranched alkanes of at least 4 members (excludes halogenated alkanes) is 25. The molecular weight excluding hydrogens is 494 g/mol. The Labute approximate surface area is 250 Å². The lowest BCUT2D eigenvalue weighted by molar-refractivity contribution is -0.123. The Balaban J connectivity index is 3.51. The normalized spacial score (nSPS) is 13.2. The number of aliphatic hydroxyl groups is 2. The molecule has 0 aromatic heterocycles. The van der Waals surface area contributed by atoms with E-state index in [0.717, 1.165) is 25.7 Å². The van der Waals surface area contributed by atoms with Crippen molar-refractivity contribution in [1.29, 1.82) is 0 Å². The minimum absolute atomic E-state index is 0.0705. The van der Waals surface area contributed by atoms with Crippen molar-refractivity contribution in [1.82, 2.24) is 5.32 Å². The van der Waals surface area contributed by atoms with Gasteiger partial charge in [-0.1, -0.05) is 180 Å². The van der Waals surface area contributed by atoms with E-state index in [1.807, 2.05) is 6.08 Å². The molecule has 0 aromatic carbocycles. The molecule has 0 fully saturated rings. The highest BCUT2D eigenvalue weighted by atomic mass is 16.3. The Hall–Kier alpha value is -0.870. The van der Waals surface area contributed by atoms with Crippen LogP contribution in [0.3, 0.4) is 0 Å². The van der Waals surface area contributed by atoms with E-state index in [1.54, 1.807) is 6.08 Å². The van der Waals surface area contributed by atoms with Gasteiger partial charge in [-0.2, -0.15) is 0 Å². The average molecular weight is 566 g/mol. The van der Waals surface area contributed by atoms with Crippen LogP contribution in [-0.2, 0) is 4.79 Å². The van der Waals surface area contributed by atoms with Crippen LogP contribution in [0.25, 0.3) is 0 Å². The Morgan fingerprint density at radius 3 is 1.30 bits per heavy atom. The molecule has 3 N–H and O–H groups in total. The molecule has 4 heteroatoms. The van der Waals surface area contributed by atoms with Crippen LogP contribution in [0.4, 0.5) is 0 Å². The molecule has 0 spiro atoms. The van der Waals surface area contributed by atoms with Gasteiger partial charge in [-0.25, -0.2) is 0 Å². The Kier molecular flexibility index (Phi) is 31.9. The summed E-state index contributed by atoms with van der Waals surface area (Å²) in [6.45, 7) is 4.26. The first-order chi connectivity index (χ1) is 19.7. The van der Waals surface area contributed by atoms with E-state index >= 15 is 0 Å². The highest BCUT2D eigenvalue weighted by molar-refractivity contribution is 5.76. The molecule has 0 bridgehead atoms. The number of aliphatic hydroxyl groups excluding tert-OH is 2. The average Bonchev–Trinajstić information content (AvgIpc) is 2.96. The summed E-state index contributed by atoms with van der Waals surface area (Å²) in [5, 5.41) is 22.7. The summed E-state index contributed by atoms with van der Waals surface area (Å²) in [5.41, 5.74) is 0. The number of rotatable bonds is 32. The van der Waals surface area contributed by atoms with E-state index in [1.165, 1.54) is 148 Å². The highest BCUT2D eigenvalue weighted by Crippen LogP contribution is 2.15. The molecule has 238 valence electrons. The molecule has 0 heterocycles. The summed E-state index contributed by atoms with van der Waals surface area (Å²) < 4.78 is 0. The van der Waals surface area contributed by atoms with Gasteiger partial charge >= 0.3 is 0 Å². The Bertz CT molecular complexity index is 536. The SMILES string of the molecule is CCCCCCCCCCCCCCCCCCCCC/C=C/C(O)C(CO)NC(=O)CCCCCCCCC. The number of allylic oxidation sites excluding steroid dienone is 1. The molecule has 4 nitrogen and oxygen atoms in total. The third-order valence-corrected chi connectivity index (χ3v) is 8.27. The van der Waals surface area contributed by atoms with Gasteiger partial charge in [0.05, 0.1) is 18.8 Å². The third kappa shape index (κ3) is 28.7. The number of nitrogens with one attached hydrogen (secondary N) is 1. The first kappa shape index (κ1) is 39.1. The molecule has 0 saturated heterocycles. The zero-order valence-corrected chi connectivity index (χ0v) is 27.1. The molecule has 0 rings (SSSR count). The second-order valence-electron chi connectivity index (χ2n) is 12.3. The summed E-state index contributed by atoms with van der Waals surface area (Å²) >= 11 is 0. The van der Waals surface area contributed by atoms with Crippen molar-refractivity contribution >= 4 is 5.91 Å². The minimum atomic E-state index is -0.830. The summed E-state index contributed by atoms with van der Waals surface area (Å²) in [6.07, 6.45) is 38.8. The second-order valence-corrected chi connectivity index (χ2v) is 12.3. The lowest BCUT2D eigenvalue weighted by Crippen LogP contribution is -2.45. The fourth-order valence-corrected chi connectivity index (χ4v) is 5.47. The van der Waals surface area contributed by atoms with Gasteiger partial charge in [0, 0.05) is 6.42 Å². The van der Waals surface area contributed by atoms with Gasteiger partial charge in [0.1, 0.15) is 0 Å². The van der Waals surface area contributed by atoms with Gasteiger partial charge in [0.25, 0.3) is 0 Å². The number of hydrogen-bond acceptors (Lipinski definition) is 3. The second kappa shape index (κ2) is 32.6. The van der Waals surface area contributed by atoms with Crippen LogP contribution in [-0.4, -0.2) is 34.9 Å². The molecule has 0 aliphatic carbocycles. The fraction of sp³-hybridized carbons (Fsp3) is 0.917. The monoisotopic (exact) mass is 566 g/mol. The van der Waals surface area contributed by atoms with Crippen molar-refractivity contribution in [3.63, 3.8) is 0 Å². The molecule has 1 amide bonds. The van der Waals surface area contributed by atoms with Crippen LogP contribution in [0.1, 0.15) is 194 Å². The van der Waals surface area contributed by atoms with E-state index < -0.39 is 12.1 Å². The summed E-state index contributed by atoms with van der Waals surface area (Å²) in [4.78, 5) is 12.2. The molecule has 2 atom stereocenters. The molecule has 2 unspecified atom stereocenters. The first-order valence-electron chi connectivity index (χ1n) is 17.9. The lowest BCUT2D eigenvalue weighted by atomic mass is 10.0. The third-order valence-electron chi connectivity index (χ3n) is 8.27. The van der Waals surface area contributed by atoms with Crippen LogP contribution < -0.4 is 5.32 Å². The maximum Gasteiger partial charge on any atom is 0.220 e.